The Morgan fingerprint density at radius 2 is 2.23 bits per heavy atom. The van der Waals surface area contributed by atoms with Gasteiger partial charge in [0.05, 0.1) is 11.5 Å². The molecule has 0 saturated heterocycles. The van der Waals surface area contributed by atoms with Crippen LogP contribution in [0.5, 0.6) is 0 Å². The van der Waals surface area contributed by atoms with E-state index < -0.39 is 4.92 Å². The molecule has 1 aliphatic carbocycles. The lowest BCUT2D eigenvalue weighted by atomic mass is 10.2. The van der Waals surface area contributed by atoms with Crippen molar-refractivity contribution in [3.05, 3.63) is 46.2 Å². The average molecular weight is 304 g/mol. The van der Waals surface area contributed by atoms with E-state index in [4.69, 9.17) is 4.42 Å². The monoisotopic (exact) mass is 304 g/mol. The minimum absolute atomic E-state index is 0.0780. The van der Waals surface area contributed by atoms with Crippen molar-refractivity contribution >= 4 is 11.6 Å². The van der Waals surface area contributed by atoms with Gasteiger partial charge >= 0.3 is 5.69 Å². The van der Waals surface area contributed by atoms with Gasteiger partial charge in [0.15, 0.2) is 5.76 Å². The van der Waals surface area contributed by atoms with E-state index in [2.05, 4.69) is 10.4 Å². The summed E-state index contributed by atoms with van der Waals surface area (Å²) in [7, 11) is 0. The first-order valence-electron chi connectivity index (χ1n) is 7.18. The highest BCUT2D eigenvalue weighted by atomic mass is 16.6. The van der Waals surface area contributed by atoms with Crippen LogP contribution in [-0.4, -0.2) is 26.7 Å². The lowest BCUT2D eigenvalue weighted by molar-refractivity contribution is -0.385. The number of amides is 1. The summed E-state index contributed by atoms with van der Waals surface area (Å²) >= 11 is 0. The number of nitrogens with zero attached hydrogens (tertiary/aromatic N) is 3. The summed E-state index contributed by atoms with van der Waals surface area (Å²) in [6.07, 6.45) is 6.81. The smallest absolute Gasteiger partial charge is 0.307 e. The molecular formula is C14H16N4O4. The van der Waals surface area contributed by atoms with Gasteiger partial charge < -0.3 is 9.73 Å². The Morgan fingerprint density at radius 3 is 2.91 bits per heavy atom. The maximum absolute atomic E-state index is 12.0. The van der Waals surface area contributed by atoms with Gasteiger partial charge in [0, 0.05) is 6.04 Å². The molecule has 0 radical (unpaired) electrons. The Balaban J connectivity index is 1.62. The summed E-state index contributed by atoms with van der Waals surface area (Å²) in [5, 5.41) is 17.4. The third-order valence-electron chi connectivity index (χ3n) is 3.72. The summed E-state index contributed by atoms with van der Waals surface area (Å²) in [6, 6.07) is 3.52. The van der Waals surface area contributed by atoms with Gasteiger partial charge in [-0.3, -0.25) is 19.6 Å². The molecule has 0 bridgehead atoms. The van der Waals surface area contributed by atoms with Gasteiger partial charge in [-0.1, -0.05) is 12.8 Å². The van der Waals surface area contributed by atoms with Crippen molar-refractivity contribution in [3.63, 3.8) is 0 Å². The van der Waals surface area contributed by atoms with E-state index >= 15 is 0 Å². The lowest BCUT2D eigenvalue weighted by Crippen LogP contribution is -2.32. The fraction of sp³-hybridized carbons (Fsp3) is 0.429. The number of aromatic nitrogens is 2. The first-order chi connectivity index (χ1) is 10.6. The van der Waals surface area contributed by atoms with Crippen molar-refractivity contribution in [2.24, 2.45) is 0 Å². The number of hydrogen-bond donors (Lipinski definition) is 1. The first-order valence-corrected chi connectivity index (χ1v) is 7.18. The Morgan fingerprint density at radius 1 is 1.45 bits per heavy atom. The molecule has 0 atom stereocenters. The highest BCUT2D eigenvalue weighted by molar-refractivity contribution is 5.91. The molecular weight excluding hydrogens is 288 g/mol. The largest absolute Gasteiger partial charge is 0.454 e. The van der Waals surface area contributed by atoms with Crippen LogP contribution in [0.4, 0.5) is 5.69 Å². The van der Waals surface area contributed by atoms with Crippen molar-refractivity contribution in [1.82, 2.24) is 15.1 Å². The quantitative estimate of drug-likeness (QED) is 0.673. The van der Waals surface area contributed by atoms with E-state index in [-0.39, 0.29) is 29.9 Å². The fourth-order valence-electron chi connectivity index (χ4n) is 2.60. The van der Waals surface area contributed by atoms with Crippen LogP contribution in [0.25, 0.3) is 0 Å². The molecule has 8 heteroatoms. The van der Waals surface area contributed by atoms with Crippen molar-refractivity contribution in [3.8, 4) is 0 Å². The van der Waals surface area contributed by atoms with Crippen LogP contribution >= 0.6 is 0 Å². The van der Waals surface area contributed by atoms with Gasteiger partial charge in [-0.25, -0.2) is 0 Å². The van der Waals surface area contributed by atoms with Crippen LogP contribution in [-0.2, 0) is 6.54 Å². The Hall–Kier alpha value is -2.64. The molecule has 0 unspecified atom stereocenters. The molecule has 3 rings (SSSR count). The molecule has 0 aromatic carbocycles. The normalized spacial score (nSPS) is 15.1. The van der Waals surface area contributed by atoms with E-state index in [1.165, 1.54) is 17.1 Å². The zero-order valence-corrected chi connectivity index (χ0v) is 11.9. The van der Waals surface area contributed by atoms with Crippen LogP contribution in [0, 0.1) is 10.1 Å². The van der Waals surface area contributed by atoms with Crippen LogP contribution < -0.4 is 5.32 Å². The van der Waals surface area contributed by atoms with E-state index in [1.807, 2.05) is 0 Å². The van der Waals surface area contributed by atoms with Gasteiger partial charge in [-0.15, -0.1) is 0 Å². The molecule has 0 spiro atoms. The van der Waals surface area contributed by atoms with E-state index in [0.29, 0.717) is 5.76 Å². The van der Waals surface area contributed by atoms with Crippen LogP contribution in [0.15, 0.2) is 28.9 Å². The number of nitro groups is 1. The number of rotatable bonds is 5. The second kappa shape index (κ2) is 6.00. The number of hydrogen-bond acceptors (Lipinski definition) is 5. The molecule has 2 aromatic rings. The Kier molecular flexibility index (Phi) is 3.90. The average Bonchev–Trinajstić information content (AvgIpc) is 3.19. The predicted octanol–water partition coefficient (Wildman–Crippen LogP) is 2.10. The topological polar surface area (TPSA) is 103 Å². The lowest BCUT2D eigenvalue weighted by Gasteiger charge is -2.09. The molecule has 1 fully saturated rings. The molecule has 1 amide bonds. The molecule has 1 saturated carbocycles. The van der Waals surface area contributed by atoms with Crippen molar-refractivity contribution in [2.75, 3.05) is 0 Å². The highest BCUT2D eigenvalue weighted by Gasteiger charge is 2.20. The van der Waals surface area contributed by atoms with Gasteiger partial charge in [-0.2, -0.15) is 5.10 Å². The van der Waals surface area contributed by atoms with Gasteiger partial charge in [-0.05, 0) is 25.0 Å². The van der Waals surface area contributed by atoms with Crippen LogP contribution in [0.3, 0.4) is 0 Å². The zero-order valence-electron chi connectivity index (χ0n) is 11.9. The van der Waals surface area contributed by atoms with Gasteiger partial charge in [0.1, 0.15) is 18.2 Å². The third-order valence-corrected chi connectivity index (χ3v) is 3.72. The predicted molar refractivity (Wildman–Crippen MR) is 76.4 cm³/mol. The minimum Gasteiger partial charge on any atom is -0.454 e. The molecule has 1 N–H and O–H groups in total. The molecule has 2 heterocycles. The second-order valence-electron chi connectivity index (χ2n) is 5.37. The van der Waals surface area contributed by atoms with E-state index in [0.717, 1.165) is 25.7 Å². The summed E-state index contributed by atoms with van der Waals surface area (Å²) in [6.45, 7) is 0.241. The van der Waals surface area contributed by atoms with E-state index in [1.54, 1.807) is 12.1 Å². The first kappa shape index (κ1) is 14.3. The van der Waals surface area contributed by atoms with Gasteiger partial charge in [0.2, 0.25) is 0 Å². The number of nitrogens with one attached hydrogen (secondary N) is 1. The van der Waals surface area contributed by atoms with Crippen LogP contribution in [0.2, 0.25) is 0 Å². The minimum atomic E-state index is -0.508. The van der Waals surface area contributed by atoms with Crippen LogP contribution in [0.1, 0.15) is 42.0 Å². The summed E-state index contributed by atoms with van der Waals surface area (Å²) in [5.74, 6) is 0.558. The summed E-state index contributed by atoms with van der Waals surface area (Å²) in [5.41, 5.74) is -0.0780. The van der Waals surface area contributed by atoms with Crippen molar-refractivity contribution in [1.29, 1.82) is 0 Å². The fourth-order valence-corrected chi connectivity index (χ4v) is 2.60. The molecule has 8 nitrogen and oxygen atoms in total. The molecule has 0 aliphatic heterocycles. The maximum Gasteiger partial charge on any atom is 0.307 e. The molecule has 2 aromatic heterocycles. The van der Waals surface area contributed by atoms with Gasteiger partial charge in [0.25, 0.3) is 5.91 Å². The summed E-state index contributed by atoms with van der Waals surface area (Å²) < 4.78 is 6.89. The number of carbonyl (C=O) groups is 1. The SMILES string of the molecule is O=C(NC1CCCC1)c1ccc(Cn2cc([N+](=O)[O-])cn2)o1. The highest BCUT2D eigenvalue weighted by Crippen LogP contribution is 2.19. The zero-order chi connectivity index (χ0) is 15.5. The van der Waals surface area contributed by atoms with Crippen molar-refractivity contribution < 1.29 is 14.1 Å². The third kappa shape index (κ3) is 3.16. The Labute approximate surface area is 126 Å². The number of furan rings is 1. The van der Waals surface area contributed by atoms with E-state index in [9.17, 15) is 14.9 Å². The number of carbonyl (C=O) groups excluding carboxylic acids is 1. The summed E-state index contributed by atoms with van der Waals surface area (Å²) in [4.78, 5) is 22.1. The standard InChI is InChI=1S/C14H16N4O4/c19-14(16-10-3-1-2-4-10)13-6-5-12(22-13)9-17-8-11(7-15-17)18(20)21/h5-8,10H,1-4,9H2,(H,16,19). The maximum atomic E-state index is 12.0. The molecule has 116 valence electrons. The molecule has 22 heavy (non-hydrogen) atoms. The Bertz CT molecular complexity index is 685. The van der Waals surface area contributed by atoms with Crippen molar-refractivity contribution in [2.45, 2.75) is 38.3 Å². The second-order valence-corrected chi connectivity index (χ2v) is 5.37. The molecule has 1 aliphatic rings.